The van der Waals surface area contributed by atoms with Crippen LogP contribution in [0, 0.1) is 6.92 Å². The van der Waals surface area contributed by atoms with Crippen LogP contribution in [0.1, 0.15) is 39.9 Å². The number of aryl methyl sites for hydroxylation is 2. The molecule has 0 amide bonds. The van der Waals surface area contributed by atoms with Gasteiger partial charge >= 0.3 is 6.18 Å². The van der Waals surface area contributed by atoms with E-state index in [4.69, 9.17) is 4.74 Å². The van der Waals surface area contributed by atoms with E-state index in [0.717, 1.165) is 30.5 Å². The average Bonchev–Trinajstić information content (AvgIpc) is 3.05. The minimum atomic E-state index is -4.38. The molecule has 0 radical (unpaired) electrons. The molecule has 1 fully saturated rings. The van der Waals surface area contributed by atoms with Gasteiger partial charge in [-0.2, -0.15) is 18.3 Å². The molecule has 0 spiro atoms. The van der Waals surface area contributed by atoms with Gasteiger partial charge < -0.3 is 4.74 Å². The summed E-state index contributed by atoms with van der Waals surface area (Å²) in [5.41, 5.74) is 3.13. The molecular weight excluding hydrogens is 405 g/mol. The molecule has 0 N–H and O–H groups in total. The highest BCUT2D eigenvalue weighted by molar-refractivity contribution is 5.33. The molecule has 4 rings (SSSR count). The standard InChI is InChI=1S/C23H25F3N4O/c1-16-18(13-29(2)28-16)14-30-10-11-31-22(15-30)21-9-5-7-19(27-21)12-17-6-3-4-8-20(17)23(24,25)26/h3-9,13,22H,10-12,14-15H2,1-2H3/t22-/m0/s1. The van der Waals surface area contributed by atoms with Gasteiger partial charge in [-0.05, 0) is 30.7 Å². The summed E-state index contributed by atoms with van der Waals surface area (Å²) in [6.45, 7) is 4.83. The molecule has 5 nitrogen and oxygen atoms in total. The molecule has 0 aliphatic carbocycles. The summed E-state index contributed by atoms with van der Waals surface area (Å²) in [6, 6.07) is 11.1. The van der Waals surface area contributed by atoms with Crippen LogP contribution in [0.25, 0.3) is 0 Å². The number of pyridine rings is 1. The fraction of sp³-hybridized carbons (Fsp3) is 0.391. The first kappa shape index (κ1) is 21.5. The Morgan fingerprint density at radius 1 is 1.10 bits per heavy atom. The van der Waals surface area contributed by atoms with Crippen molar-refractivity contribution in [2.24, 2.45) is 7.05 Å². The molecule has 8 heteroatoms. The number of ether oxygens (including phenoxy) is 1. The van der Waals surface area contributed by atoms with E-state index in [2.05, 4.69) is 15.0 Å². The maximum Gasteiger partial charge on any atom is 0.416 e. The monoisotopic (exact) mass is 430 g/mol. The Morgan fingerprint density at radius 2 is 1.90 bits per heavy atom. The molecule has 1 saturated heterocycles. The van der Waals surface area contributed by atoms with Gasteiger partial charge in [0.2, 0.25) is 0 Å². The average molecular weight is 430 g/mol. The van der Waals surface area contributed by atoms with E-state index in [0.29, 0.717) is 18.8 Å². The lowest BCUT2D eigenvalue weighted by atomic mass is 10.0. The predicted octanol–water partition coefficient (Wildman–Crippen LogP) is 4.31. The second-order valence-electron chi connectivity index (χ2n) is 7.89. The van der Waals surface area contributed by atoms with Crippen LogP contribution in [0.3, 0.4) is 0 Å². The van der Waals surface area contributed by atoms with Crippen LogP contribution in [0.4, 0.5) is 13.2 Å². The van der Waals surface area contributed by atoms with Crippen molar-refractivity contribution in [3.05, 3.63) is 82.4 Å². The zero-order valence-corrected chi connectivity index (χ0v) is 17.6. The zero-order valence-electron chi connectivity index (χ0n) is 17.6. The van der Waals surface area contributed by atoms with E-state index < -0.39 is 11.7 Å². The fourth-order valence-corrected chi connectivity index (χ4v) is 3.99. The van der Waals surface area contributed by atoms with Crippen molar-refractivity contribution in [1.82, 2.24) is 19.7 Å². The van der Waals surface area contributed by atoms with Gasteiger partial charge in [-0.1, -0.05) is 24.3 Å². The highest BCUT2D eigenvalue weighted by Gasteiger charge is 2.33. The van der Waals surface area contributed by atoms with Gasteiger partial charge in [0, 0.05) is 50.6 Å². The van der Waals surface area contributed by atoms with Gasteiger partial charge in [-0.15, -0.1) is 0 Å². The van der Waals surface area contributed by atoms with E-state index in [1.54, 1.807) is 12.1 Å². The predicted molar refractivity (Wildman–Crippen MR) is 110 cm³/mol. The molecule has 3 heterocycles. The highest BCUT2D eigenvalue weighted by Crippen LogP contribution is 2.33. The van der Waals surface area contributed by atoms with Crippen LogP contribution >= 0.6 is 0 Å². The second kappa shape index (κ2) is 8.80. The van der Waals surface area contributed by atoms with E-state index in [1.165, 1.54) is 17.7 Å². The summed E-state index contributed by atoms with van der Waals surface area (Å²) in [5, 5.41) is 4.40. The molecule has 1 aromatic carbocycles. The van der Waals surface area contributed by atoms with Gasteiger partial charge in [-0.25, -0.2) is 0 Å². The van der Waals surface area contributed by atoms with Gasteiger partial charge in [0.15, 0.2) is 0 Å². The number of hydrogen-bond acceptors (Lipinski definition) is 4. The topological polar surface area (TPSA) is 43.2 Å². The van der Waals surface area contributed by atoms with Crippen LogP contribution in [0.5, 0.6) is 0 Å². The van der Waals surface area contributed by atoms with Gasteiger partial charge in [-0.3, -0.25) is 14.6 Å². The number of morpholine rings is 1. The Morgan fingerprint density at radius 3 is 2.65 bits per heavy atom. The van der Waals surface area contributed by atoms with Crippen LogP contribution in [0.2, 0.25) is 0 Å². The fourth-order valence-electron chi connectivity index (χ4n) is 3.99. The molecule has 0 bridgehead atoms. The summed E-state index contributed by atoms with van der Waals surface area (Å²) >= 11 is 0. The number of hydrogen-bond donors (Lipinski definition) is 0. The molecule has 3 aromatic rings. The largest absolute Gasteiger partial charge is 0.416 e. The van der Waals surface area contributed by atoms with Crippen molar-refractivity contribution in [3.63, 3.8) is 0 Å². The van der Waals surface area contributed by atoms with Crippen molar-refractivity contribution >= 4 is 0 Å². The number of rotatable bonds is 5. The second-order valence-corrected chi connectivity index (χ2v) is 7.89. The molecule has 1 atom stereocenters. The van der Waals surface area contributed by atoms with Crippen molar-refractivity contribution in [1.29, 1.82) is 0 Å². The lowest BCUT2D eigenvalue weighted by Crippen LogP contribution is -2.38. The van der Waals surface area contributed by atoms with E-state index in [-0.39, 0.29) is 18.1 Å². The molecule has 0 unspecified atom stereocenters. The number of aromatic nitrogens is 3. The Labute approximate surface area is 179 Å². The third-order valence-electron chi connectivity index (χ3n) is 5.51. The van der Waals surface area contributed by atoms with Crippen molar-refractivity contribution in [2.45, 2.75) is 32.2 Å². The Bertz CT molecular complexity index is 1050. The molecule has 2 aromatic heterocycles. The Balaban J connectivity index is 1.49. The summed E-state index contributed by atoms with van der Waals surface area (Å²) in [5.74, 6) is 0. The molecule has 31 heavy (non-hydrogen) atoms. The van der Waals surface area contributed by atoms with Crippen LogP contribution in [-0.2, 0) is 30.9 Å². The number of benzene rings is 1. The molecule has 0 saturated carbocycles. The lowest BCUT2D eigenvalue weighted by Gasteiger charge is -2.32. The van der Waals surface area contributed by atoms with Crippen molar-refractivity contribution < 1.29 is 17.9 Å². The highest BCUT2D eigenvalue weighted by atomic mass is 19.4. The molecule has 1 aliphatic rings. The maximum atomic E-state index is 13.3. The first-order valence-corrected chi connectivity index (χ1v) is 10.2. The molecular formula is C23H25F3N4O. The summed E-state index contributed by atoms with van der Waals surface area (Å²) in [4.78, 5) is 6.94. The maximum absolute atomic E-state index is 13.3. The number of alkyl halides is 3. The first-order chi connectivity index (χ1) is 14.8. The minimum Gasteiger partial charge on any atom is -0.369 e. The molecule has 1 aliphatic heterocycles. The zero-order chi connectivity index (χ0) is 22.0. The summed E-state index contributed by atoms with van der Waals surface area (Å²) < 4.78 is 47.7. The SMILES string of the molecule is Cc1nn(C)cc1CN1CCO[C@H](c2cccc(Cc3ccccc3C(F)(F)F)n2)C1. The van der Waals surface area contributed by atoms with Crippen molar-refractivity contribution in [2.75, 3.05) is 19.7 Å². The van der Waals surface area contributed by atoms with E-state index >= 15 is 0 Å². The smallest absolute Gasteiger partial charge is 0.369 e. The number of halogens is 3. The van der Waals surface area contributed by atoms with E-state index in [9.17, 15) is 13.2 Å². The van der Waals surface area contributed by atoms with Crippen LogP contribution in [0.15, 0.2) is 48.7 Å². The first-order valence-electron chi connectivity index (χ1n) is 10.2. The summed E-state index contributed by atoms with van der Waals surface area (Å²) in [6.07, 6.45) is -2.46. The lowest BCUT2D eigenvalue weighted by molar-refractivity contribution is -0.138. The van der Waals surface area contributed by atoms with Crippen LogP contribution in [-0.4, -0.2) is 39.4 Å². The van der Waals surface area contributed by atoms with Gasteiger partial charge in [0.05, 0.1) is 23.6 Å². The van der Waals surface area contributed by atoms with Gasteiger partial charge in [0.25, 0.3) is 0 Å². The Hall–Kier alpha value is -2.71. The van der Waals surface area contributed by atoms with Crippen LogP contribution < -0.4 is 0 Å². The van der Waals surface area contributed by atoms with Gasteiger partial charge in [0.1, 0.15) is 6.10 Å². The Kier molecular flexibility index (Phi) is 6.11. The summed E-state index contributed by atoms with van der Waals surface area (Å²) in [7, 11) is 1.91. The number of nitrogens with zero attached hydrogens (tertiary/aromatic N) is 4. The third kappa shape index (κ3) is 5.14. The minimum absolute atomic E-state index is 0.120. The third-order valence-corrected chi connectivity index (χ3v) is 5.51. The molecule has 164 valence electrons. The van der Waals surface area contributed by atoms with Crippen molar-refractivity contribution in [3.8, 4) is 0 Å². The van der Waals surface area contributed by atoms with E-state index in [1.807, 2.05) is 37.0 Å². The quantitative estimate of drug-likeness (QED) is 0.605. The normalized spacial score (nSPS) is 17.8.